The number of aromatic amines is 2. The van der Waals surface area contributed by atoms with Crippen LogP contribution in [0.25, 0.3) is 33.1 Å². The maximum Gasteiger partial charge on any atom is 0.208 e. The molecule has 6 heterocycles. The van der Waals surface area contributed by atoms with Gasteiger partial charge in [-0.15, -0.1) is 10.2 Å². The van der Waals surface area contributed by atoms with Gasteiger partial charge >= 0.3 is 0 Å². The summed E-state index contributed by atoms with van der Waals surface area (Å²) in [6, 6.07) is 4.06. The van der Waals surface area contributed by atoms with Gasteiger partial charge < -0.3 is 15.7 Å². The third-order valence-corrected chi connectivity index (χ3v) is 10.1. The number of aromatic nitrogens is 10. The molecule has 2 aliphatic carbocycles. The molecular formula is C29H38N12O2S. The molecule has 0 saturated heterocycles. The number of rotatable bonds is 6. The molecule has 0 amide bonds. The van der Waals surface area contributed by atoms with E-state index in [4.69, 9.17) is 5.73 Å². The van der Waals surface area contributed by atoms with Crippen molar-refractivity contribution in [2.45, 2.75) is 63.2 Å². The monoisotopic (exact) mass is 618 g/mol. The number of nitrogens with two attached hydrogens (primary N) is 1. The third kappa shape index (κ3) is 5.66. The number of sulfonamides is 1. The van der Waals surface area contributed by atoms with Crippen LogP contribution in [0, 0.1) is 11.8 Å². The van der Waals surface area contributed by atoms with Gasteiger partial charge in [0.1, 0.15) is 35.0 Å². The van der Waals surface area contributed by atoms with Crippen LogP contribution in [-0.2, 0) is 10.0 Å². The number of H-pyrrole nitrogens is 2. The van der Waals surface area contributed by atoms with Crippen LogP contribution < -0.4 is 10.5 Å². The summed E-state index contributed by atoms with van der Waals surface area (Å²) < 4.78 is 28.6. The van der Waals surface area contributed by atoms with Gasteiger partial charge in [-0.1, -0.05) is 10.4 Å². The van der Waals surface area contributed by atoms with Crippen molar-refractivity contribution in [3.8, 4) is 0 Å². The van der Waals surface area contributed by atoms with Gasteiger partial charge in [-0.3, -0.25) is 0 Å². The normalized spacial score (nSPS) is 23.0. The van der Waals surface area contributed by atoms with Gasteiger partial charge in [-0.05, 0) is 81.9 Å². The number of hydrogen-bond acceptors (Lipinski definition) is 9. The predicted molar refractivity (Wildman–Crippen MR) is 167 cm³/mol. The van der Waals surface area contributed by atoms with Crippen molar-refractivity contribution >= 4 is 43.1 Å². The van der Waals surface area contributed by atoms with E-state index in [1.807, 2.05) is 18.5 Å². The van der Waals surface area contributed by atoms with E-state index < -0.39 is 10.0 Å². The SMILES string of the molecule is CS(=O)(=O)NC[C@H]1CC[C@H](c2nnn3cnc4[nH]ccc4c23)CC1.NC[C@H]1CC[C@H](c2nnn3cnc4[nH]ccc4c23)CC1. The Balaban J connectivity index is 0.000000144. The summed E-state index contributed by atoms with van der Waals surface area (Å²) >= 11 is 0. The van der Waals surface area contributed by atoms with E-state index in [1.54, 1.807) is 21.7 Å². The second-order valence-corrected chi connectivity index (χ2v) is 14.1. The molecule has 0 aromatic carbocycles. The summed E-state index contributed by atoms with van der Waals surface area (Å²) in [5.41, 5.74) is 11.8. The van der Waals surface area contributed by atoms with Crippen LogP contribution in [0.3, 0.4) is 0 Å². The Kier molecular flexibility index (Phi) is 7.76. The fourth-order valence-electron chi connectivity index (χ4n) is 6.97. The highest BCUT2D eigenvalue weighted by molar-refractivity contribution is 7.88. The van der Waals surface area contributed by atoms with Crippen LogP contribution in [0.2, 0.25) is 0 Å². The molecule has 2 fully saturated rings. The molecule has 5 N–H and O–H groups in total. The van der Waals surface area contributed by atoms with Crippen molar-refractivity contribution in [2.75, 3.05) is 19.3 Å². The Bertz CT molecular complexity index is 1990. The number of nitrogens with one attached hydrogen (secondary N) is 3. The van der Waals surface area contributed by atoms with Crippen molar-refractivity contribution in [1.82, 2.24) is 54.3 Å². The quantitative estimate of drug-likeness (QED) is 0.217. The molecule has 0 radical (unpaired) electrons. The minimum absolute atomic E-state index is 0.359. The third-order valence-electron chi connectivity index (χ3n) is 9.43. The summed E-state index contributed by atoms with van der Waals surface area (Å²) in [4.78, 5) is 14.9. The van der Waals surface area contributed by atoms with Crippen molar-refractivity contribution in [1.29, 1.82) is 0 Å². The second kappa shape index (κ2) is 11.9. The molecule has 0 unspecified atom stereocenters. The highest BCUT2D eigenvalue weighted by Gasteiger charge is 2.28. The molecule has 14 nitrogen and oxygen atoms in total. The molecule has 6 aromatic rings. The maximum atomic E-state index is 11.2. The Morgan fingerprint density at radius 2 is 1.27 bits per heavy atom. The van der Waals surface area contributed by atoms with Crippen molar-refractivity contribution < 1.29 is 8.42 Å². The predicted octanol–water partition coefficient (Wildman–Crippen LogP) is 3.27. The van der Waals surface area contributed by atoms with E-state index in [9.17, 15) is 8.42 Å². The average Bonchev–Trinajstić information content (AvgIpc) is 3.85. The smallest absolute Gasteiger partial charge is 0.208 e. The molecule has 15 heteroatoms. The Labute approximate surface area is 254 Å². The zero-order valence-electron chi connectivity index (χ0n) is 24.7. The largest absolute Gasteiger partial charge is 0.346 e. The molecule has 0 atom stereocenters. The molecule has 0 aliphatic heterocycles. The first-order chi connectivity index (χ1) is 21.4. The van der Waals surface area contributed by atoms with Gasteiger partial charge in [0.25, 0.3) is 0 Å². The van der Waals surface area contributed by atoms with Crippen LogP contribution >= 0.6 is 0 Å². The lowest BCUT2D eigenvalue weighted by atomic mass is 9.80. The molecule has 232 valence electrons. The summed E-state index contributed by atoms with van der Waals surface area (Å²) in [7, 11) is -3.11. The molecule has 2 saturated carbocycles. The number of hydrogen-bond donors (Lipinski definition) is 4. The highest BCUT2D eigenvalue weighted by atomic mass is 32.2. The molecule has 44 heavy (non-hydrogen) atoms. The van der Waals surface area contributed by atoms with E-state index in [0.717, 1.165) is 89.6 Å². The van der Waals surface area contributed by atoms with Crippen LogP contribution in [0.15, 0.2) is 37.2 Å². The van der Waals surface area contributed by atoms with Crippen LogP contribution in [-0.4, -0.2) is 77.4 Å². The lowest BCUT2D eigenvalue weighted by Crippen LogP contribution is -2.30. The van der Waals surface area contributed by atoms with E-state index >= 15 is 0 Å². The van der Waals surface area contributed by atoms with Gasteiger partial charge in [0.15, 0.2) is 0 Å². The van der Waals surface area contributed by atoms with Gasteiger partial charge in [0, 0.05) is 41.5 Å². The minimum atomic E-state index is -3.11. The fourth-order valence-corrected chi connectivity index (χ4v) is 7.51. The first-order valence-corrected chi connectivity index (χ1v) is 17.3. The van der Waals surface area contributed by atoms with Gasteiger partial charge in [-0.2, -0.15) is 0 Å². The summed E-state index contributed by atoms with van der Waals surface area (Å²) in [5.74, 6) is 1.93. The number of nitrogens with zero attached hydrogens (tertiary/aromatic N) is 8. The van der Waals surface area contributed by atoms with E-state index in [-0.39, 0.29) is 0 Å². The standard InChI is InChI=1S/C15H20N6O2S.C14H18N6/c1-24(22,23)18-8-10-2-4-11(5-3-10)13-14-12-6-7-16-15(12)17-9-21(14)20-19-13;15-7-9-1-3-10(4-2-9)12-13-11-5-6-16-14(11)17-8-20(13)19-18-12/h6-7,9-11,16,18H,2-5,8H2,1H3;5-6,8-10,16H,1-4,7,15H2/t10-,11-;9-,10-. The van der Waals surface area contributed by atoms with E-state index in [0.29, 0.717) is 30.2 Å². The topological polar surface area (TPSA) is 190 Å². The minimum Gasteiger partial charge on any atom is -0.346 e. The first kappa shape index (κ1) is 28.8. The van der Waals surface area contributed by atoms with Gasteiger partial charge in [0.05, 0.1) is 17.6 Å². The zero-order chi connectivity index (χ0) is 30.3. The first-order valence-electron chi connectivity index (χ1n) is 15.4. The van der Waals surface area contributed by atoms with Crippen LogP contribution in [0.1, 0.15) is 74.6 Å². The van der Waals surface area contributed by atoms with Crippen LogP contribution in [0.5, 0.6) is 0 Å². The summed E-state index contributed by atoms with van der Waals surface area (Å²) in [5, 5.41) is 19.4. The molecule has 6 aromatic heterocycles. The van der Waals surface area contributed by atoms with Gasteiger partial charge in [0.2, 0.25) is 10.0 Å². The highest BCUT2D eigenvalue weighted by Crippen LogP contribution is 2.38. The molecule has 8 rings (SSSR count). The van der Waals surface area contributed by atoms with E-state index in [1.165, 1.54) is 19.1 Å². The van der Waals surface area contributed by atoms with Gasteiger partial charge in [-0.25, -0.2) is 32.1 Å². The summed E-state index contributed by atoms with van der Waals surface area (Å²) in [6.07, 6.45) is 17.1. The molecule has 0 bridgehead atoms. The second-order valence-electron chi connectivity index (χ2n) is 12.3. The fraction of sp³-hybridized carbons (Fsp3) is 0.517. The Hall–Kier alpha value is -3.95. The zero-order valence-corrected chi connectivity index (χ0v) is 25.5. The Morgan fingerprint density at radius 3 is 1.73 bits per heavy atom. The van der Waals surface area contributed by atoms with Crippen molar-refractivity contribution in [2.24, 2.45) is 17.6 Å². The summed E-state index contributed by atoms with van der Waals surface area (Å²) in [6.45, 7) is 1.33. The molecule has 2 aliphatic rings. The van der Waals surface area contributed by atoms with E-state index in [2.05, 4.69) is 51.3 Å². The lowest BCUT2D eigenvalue weighted by molar-refractivity contribution is 0.323. The maximum absolute atomic E-state index is 11.2. The molecular weight excluding hydrogens is 580 g/mol. The average molecular weight is 619 g/mol. The molecule has 0 spiro atoms. The number of fused-ring (bicyclic) bond motifs is 6. The lowest BCUT2D eigenvalue weighted by Gasteiger charge is -2.27. The Morgan fingerprint density at radius 1 is 0.795 bits per heavy atom. The van der Waals surface area contributed by atoms with Crippen molar-refractivity contribution in [3.05, 3.63) is 48.6 Å². The van der Waals surface area contributed by atoms with Crippen molar-refractivity contribution in [3.63, 3.8) is 0 Å². The van der Waals surface area contributed by atoms with Crippen LogP contribution in [0.4, 0.5) is 0 Å².